The third-order valence-corrected chi connectivity index (χ3v) is 9.58. The first-order chi connectivity index (χ1) is 21.5. The van der Waals surface area contributed by atoms with E-state index in [9.17, 15) is 4.79 Å². The topological polar surface area (TPSA) is 62.0 Å². The molecule has 5 aromatic rings. The zero-order valence-corrected chi connectivity index (χ0v) is 26.7. The molecule has 220 valence electrons. The van der Waals surface area contributed by atoms with Gasteiger partial charge in [0.25, 0.3) is 5.56 Å². The first-order valence-electron chi connectivity index (χ1n) is 14.3. The van der Waals surface area contributed by atoms with Gasteiger partial charge in [-0.1, -0.05) is 81.9 Å². The van der Waals surface area contributed by atoms with E-state index in [1.165, 1.54) is 16.9 Å². The molecule has 7 rings (SSSR count). The van der Waals surface area contributed by atoms with Crippen LogP contribution in [0.4, 0.5) is 0 Å². The summed E-state index contributed by atoms with van der Waals surface area (Å²) in [6.45, 7) is 0.456. The van der Waals surface area contributed by atoms with Crippen molar-refractivity contribution in [2.75, 3.05) is 14.2 Å². The maximum absolute atomic E-state index is 14.2. The van der Waals surface area contributed by atoms with Crippen LogP contribution in [0.25, 0.3) is 11.8 Å². The minimum atomic E-state index is -0.308. The van der Waals surface area contributed by atoms with Gasteiger partial charge in [0.1, 0.15) is 12.4 Å². The molecule has 0 N–H and O–H groups in total. The molecule has 0 spiro atoms. The Hall–Kier alpha value is -4.40. The highest BCUT2D eigenvalue weighted by molar-refractivity contribution is 9.10. The van der Waals surface area contributed by atoms with Crippen LogP contribution in [0.15, 0.2) is 111 Å². The van der Waals surface area contributed by atoms with Gasteiger partial charge in [-0.15, -0.1) is 0 Å². The van der Waals surface area contributed by atoms with E-state index in [1.54, 1.807) is 14.2 Å². The van der Waals surface area contributed by atoms with E-state index < -0.39 is 0 Å². The summed E-state index contributed by atoms with van der Waals surface area (Å²) in [7, 11) is 3.26. The van der Waals surface area contributed by atoms with Crippen molar-refractivity contribution >= 4 is 39.0 Å². The lowest BCUT2D eigenvalue weighted by Crippen LogP contribution is -2.38. The minimum absolute atomic E-state index is 0.0693. The van der Waals surface area contributed by atoms with Crippen LogP contribution in [-0.2, 0) is 13.0 Å². The summed E-state index contributed by atoms with van der Waals surface area (Å²) in [5.41, 5.74) is 7.36. The Bertz CT molecular complexity index is 2100. The first kappa shape index (κ1) is 28.4. The van der Waals surface area contributed by atoms with Crippen molar-refractivity contribution in [1.29, 1.82) is 0 Å². The molecule has 0 unspecified atom stereocenters. The van der Waals surface area contributed by atoms with E-state index in [-0.39, 0.29) is 11.6 Å². The highest BCUT2D eigenvalue weighted by atomic mass is 79.9. The van der Waals surface area contributed by atoms with Gasteiger partial charge in [-0.05, 0) is 83.1 Å². The van der Waals surface area contributed by atoms with Crippen LogP contribution in [0.5, 0.6) is 17.2 Å². The molecular formula is C36H29BrN2O4S. The highest BCUT2D eigenvalue weighted by Crippen LogP contribution is 2.42. The molecule has 1 aliphatic carbocycles. The van der Waals surface area contributed by atoms with E-state index in [2.05, 4.69) is 40.2 Å². The summed E-state index contributed by atoms with van der Waals surface area (Å²) in [6.07, 6.45) is 3.64. The summed E-state index contributed by atoms with van der Waals surface area (Å²) in [6, 6.07) is 29.9. The van der Waals surface area contributed by atoms with Crippen molar-refractivity contribution in [2.45, 2.75) is 25.5 Å². The summed E-state index contributed by atoms with van der Waals surface area (Å²) in [5.74, 6) is 2.02. The fourth-order valence-corrected chi connectivity index (χ4v) is 7.20. The van der Waals surface area contributed by atoms with E-state index >= 15 is 0 Å². The smallest absolute Gasteiger partial charge is 0.271 e. The number of aryl methyl sites for hydroxylation is 1. The number of hydrogen-bond acceptors (Lipinski definition) is 6. The number of fused-ring (bicyclic) bond motifs is 3. The van der Waals surface area contributed by atoms with Crippen LogP contribution in [0, 0.1) is 0 Å². The van der Waals surface area contributed by atoms with Gasteiger partial charge in [-0.2, -0.15) is 0 Å². The van der Waals surface area contributed by atoms with Gasteiger partial charge in [-0.25, -0.2) is 4.99 Å². The van der Waals surface area contributed by atoms with Gasteiger partial charge < -0.3 is 14.2 Å². The Morgan fingerprint density at radius 1 is 0.932 bits per heavy atom. The number of allylic oxidation sites excluding steroid dienone is 1. The molecule has 8 heteroatoms. The van der Waals surface area contributed by atoms with Crippen LogP contribution in [-0.4, -0.2) is 18.8 Å². The second kappa shape index (κ2) is 11.9. The quantitative estimate of drug-likeness (QED) is 0.195. The molecule has 2 heterocycles. The predicted molar refractivity (Wildman–Crippen MR) is 177 cm³/mol. The molecule has 2 aliphatic rings. The Balaban J connectivity index is 1.32. The molecule has 1 atom stereocenters. The lowest BCUT2D eigenvalue weighted by molar-refractivity contribution is 0.306. The molecule has 4 aromatic carbocycles. The van der Waals surface area contributed by atoms with Crippen molar-refractivity contribution in [1.82, 2.24) is 4.57 Å². The normalized spacial score (nSPS) is 15.6. The predicted octanol–water partition coefficient (Wildman–Crippen LogP) is 6.68. The Morgan fingerprint density at radius 3 is 2.57 bits per heavy atom. The van der Waals surface area contributed by atoms with Gasteiger partial charge in [0.05, 0.1) is 30.5 Å². The number of benzene rings is 4. The van der Waals surface area contributed by atoms with Gasteiger partial charge in [0.2, 0.25) is 0 Å². The van der Waals surface area contributed by atoms with Crippen molar-refractivity contribution < 1.29 is 14.2 Å². The SMILES string of the molecule is COc1ccc([C@H]2C3=C(N=c4s/c(=C\c5cccc(OCc6ccc(Br)cc6)c5)c(=O)n42)c2ccccc2CC3)cc1OC. The van der Waals surface area contributed by atoms with Crippen molar-refractivity contribution in [3.8, 4) is 17.2 Å². The monoisotopic (exact) mass is 664 g/mol. The Labute approximate surface area is 267 Å². The molecule has 0 saturated carbocycles. The molecule has 0 bridgehead atoms. The van der Waals surface area contributed by atoms with E-state index in [4.69, 9.17) is 19.2 Å². The van der Waals surface area contributed by atoms with Gasteiger partial charge >= 0.3 is 0 Å². The standard InChI is InChI=1S/C36H29BrN2O4S/c1-41-30-17-13-25(20-31(30)42-2)34-29-16-12-24-7-3-4-9-28(24)33(29)38-36-39(34)35(40)32(44-36)19-23-6-5-8-27(18-23)43-21-22-10-14-26(37)15-11-22/h3-11,13-15,17-20,34H,12,16,21H2,1-2H3/b32-19-/t34-/m0/s1. The van der Waals surface area contributed by atoms with Crippen molar-refractivity contribution in [3.63, 3.8) is 0 Å². The van der Waals surface area contributed by atoms with Gasteiger partial charge in [0.15, 0.2) is 16.3 Å². The zero-order valence-electron chi connectivity index (χ0n) is 24.2. The Morgan fingerprint density at radius 2 is 1.75 bits per heavy atom. The maximum Gasteiger partial charge on any atom is 0.271 e. The van der Waals surface area contributed by atoms with E-state index in [1.807, 2.05) is 77.4 Å². The second-order valence-electron chi connectivity index (χ2n) is 10.7. The van der Waals surface area contributed by atoms with E-state index in [0.29, 0.717) is 27.4 Å². The fraction of sp³-hybridized carbons (Fsp3) is 0.167. The van der Waals surface area contributed by atoms with Crippen LogP contribution in [0.1, 0.15) is 40.3 Å². The third kappa shape index (κ3) is 5.29. The number of methoxy groups -OCH3 is 2. The van der Waals surface area contributed by atoms with Gasteiger partial charge in [-0.3, -0.25) is 9.36 Å². The molecule has 1 aromatic heterocycles. The van der Waals surface area contributed by atoms with Crippen molar-refractivity contribution in [2.24, 2.45) is 4.99 Å². The fourth-order valence-electron chi connectivity index (χ4n) is 5.94. The number of aromatic nitrogens is 1. The molecule has 44 heavy (non-hydrogen) atoms. The summed E-state index contributed by atoms with van der Waals surface area (Å²) in [4.78, 5) is 20.0. The van der Waals surface area contributed by atoms with E-state index in [0.717, 1.165) is 56.6 Å². The van der Waals surface area contributed by atoms with Crippen LogP contribution in [0.2, 0.25) is 0 Å². The molecule has 0 radical (unpaired) electrons. The molecule has 0 saturated heterocycles. The number of halogens is 1. The number of rotatable bonds is 7. The second-order valence-corrected chi connectivity index (χ2v) is 12.6. The maximum atomic E-state index is 14.2. The first-order valence-corrected chi connectivity index (χ1v) is 16.0. The van der Waals surface area contributed by atoms with Crippen LogP contribution < -0.4 is 29.1 Å². The molecule has 0 fully saturated rings. The molecule has 6 nitrogen and oxygen atoms in total. The van der Waals surface area contributed by atoms with Crippen molar-refractivity contribution in [3.05, 3.63) is 149 Å². The largest absolute Gasteiger partial charge is 0.493 e. The third-order valence-electron chi connectivity index (χ3n) is 8.07. The number of ether oxygens (including phenoxy) is 3. The lowest BCUT2D eigenvalue weighted by Gasteiger charge is -2.31. The van der Waals surface area contributed by atoms with Crippen LogP contribution in [0.3, 0.4) is 0 Å². The molecule has 1 aliphatic heterocycles. The lowest BCUT2D eigenvalue weighted by atomic mass is 9.83. The molecule has 0 amide bonds. The Kier molecular flexibility index (Phi) is 7.70. The minimum Gasteiger partial charge on any atom is -0.493 e. The van der Waals surface area contributed by atoms with Crippen LogP contribution >= 0.6 is 27.3 Å². The molecular weight excluding hydrogens is 636 g/mol. The average Bonchev–Trinajstić information content (AvgIpc) is 3.37. The summed E-state index contributed by atoms with van der Waals surface area (Å²) >= 11 is 4.89. The zero-order chi connectivity index (χ0) is 30.2. The highest BCUT2D eigenvalue weighted by Gasteiger charge is 2.33. The number of thiazole rings is 1. The summed E-state index contributed by atoms with van der Waals surface area (Å²) in [5, 5.41) is 0. The van der Waals surface area contributed by atoms with Gasteiger partial charge in [0, 0.05) is 10.0 Å². The average molecular weight is 666 g/mol. The number of hydrogen-bond donors (Lipinski definition) is 0. The summed E-state index contributed by atoms with van der Waals surface area (Å²) < 4.78 is 20.7. The number of nitrogens with zero attached hydrogens (tertiary/aromatic N) is 2.